The summed E-state index contributed by atoms with van der Waals surface area (Å²) in [6.45, 7) is -0.0169. The number of Topliss-reactive ketones (excluding diaryl/α,β-unsaturated/α-hetero) is 1. The summed E-state index contributed by atoms with van der Waals surface area (Å²) in [6.07, 6.45) is 2.16. The third-order valence-electron chi connectivity index (χ3n) is 5.14. The minimum atomic E-state index is -0.992. The summed E-state index contributed by atoms with van der Waals surface area (Å²) in [5.41, 5.74) is 7.78. The molecule has 9 heteroatoms. The Morgan fingerprint density at radius 2 is 1.94 bits per heavy atom. The Labute approximate surface area is 183 Å². The fraction of sp³-hybridized carbons (Fsp3) is 0.273. The fourth-order valence-electron chi connectivity index (χ4n) is 3.51. The molecule has 3 rings (SSSR count). The van der Waals surface area contributed by atoms with Crippen molar-refractivity contribution in [1.29, 1.82) is 0 Å². The number of H-pyrrole nitrogens is 1. The minimum Gasteiger partial charge on any atom is -0.481 e. The highest BCUT2D eigenvalue weighted by Gasteiger charge is 2.25. The average molecular weight is 445 g/mol. The topological polar surface area (TPSA) is 122 Å². The summed E-state index contributed by atoms with van der Waals surface area (Å²) < 4.78 is 14.1. The Hall–Kier alpha value is -3.10. The van der Waals surface area contributed by atoms with Crippen molar-refractivity contribution in [3.63, 3.8) is 0 Å². The van der Waals surface area contributed by atoms with E-state index in [1.54, 1.807) is 18.2 Å². The van der Waals surface area contributed by atoms with Crippen LogP contribution >= 0.6 is 11.6 Å². The zero-order valence-corrected chi connectivity index (χ0v) is 17.3. The Kier molecular flexibility index (Phi) is 7.49. The molecular weight excluding hydrogens is 423 g/mol. The molecule has 0 saturated carbocycles. The summed E-state index contributed by atoms with van der Waals surface area (Å²) in [7, 11) is 0. The zero-order valence-electron chi connectivity index (χ0n) is 16.6. The third kappa shape index (κ3) is 5.96. The Morgan fingerprint density at radius 3 is 2.55 bits per heavy atom. The lowest BCUT2D eigenvalue weighted by molar-refractivity contribution is -0.142. The van der Waals surface area contributed by atoms with Crippen LogP contribution in [0.5, 0.6) is 0 Å². The predicted octanol–water partition coefficient (Wildman–Crippen LogP) is 3.75. The molecule has 0 spiro atoms. The van der Waals surface area contributed by atoms with Crippen LogP contribution in [-0.2, 0) is 11.2 Å². The van der Waals surface area contributed by atoms with E-state index < -0.39 is 11.9 Å². The fourth-order valence-corrected chi connectivity index (χ4v) is 3.69. The lowest BCUT2D eigenvalue weighted by Gasteiger charge is -2.20. The number of nitrogens with zero attached hydrogens (tertiary/aromatic N) is 2. The number of nitrogens with two attached hydrogens (primary N) is 1. The second-order valence-electron chi connectivity index (χ2n) is 7.38. The molecule has 2 atom stereocenters. The zero-order chi connectivity index (χ0) is 22.4. The van der Waals surface area contributed by atoms with Gasteiger partial charge in [0.1, 0.15) is 11.5 Å². The van der Waals surface area contributed by atoms with Crippen molar-refractivity contribution in [2.45, 2.75) is 19.3 Å². The van der Waals surface area contributed by atoms with Crippen LogP contribution in [0.3, 0.4) is 0 Å². The Balaban J connectivity index is 1.78. The predicted molar refractivity (Wildman–Crippen MR) is 114 cm³/mol. The lowest BCUT2D eigenvalue weighted by Crippen LogP contribution is -2.27. The average Bonchev–Trinajstić information content (AvgIpc) is 3.29. The summed E-state index contributed by atoms with van der Waals surface area (Å²) in [4.78, 5) is 24.0. The molecule has 3 aromatic rings. The number of nitrogens with one attached hydrogen (secondary N) is 1. The number of benzene rings is 2. The van der Waals surface area contributed by atoms with Gasteiger partial charge in [0.25, 0.3) is 0 Å². The summed E-state index contributed by atoms with van der Waals surface area (Å²) in [5.74, 6) is -2.61. The van der Waals surface area contributed by atoms with Crippen molar-refractivity contribution in [2.24, 2.45) is 17.6 Å². The van der Waals surface area contributed by atoms with E-state index in [1.165, 1.54) is 18.3 Å². The molecule has 0 saturated heterocycles. The first-order chi connectivity index (χ1) is 14.9. The maximum atomic E-state index is 14.1. The molecule has 0 aliphatic rings. The molecule has 1 aromatic heterocycles. The van der Waals surface area contributed by atoms with Crippen LogP contribution in [0.1, 0.15) is 28.9 Å². The maximum absolute atomic E-state index is 14.1. The Morgan fingerprint density at radius 1 is 1.19 bits per heavy atom. The molecule has 4 N–H and O–H groups in total. The molecule has 0 unspecified atom stereocenters. The van der Waals surface area contributed by atoms with Gasteiger partial charge in [0.2, 0.25) is 0 Å². The van der Waals surface area contributed by atoms with E-state index in [2.05, 4.69) is 15.4 Å². The molecule has 0 aliphatic heterocycles. The van der Waals surface area contributed by atoms with E-state index >= 15 is 0 Å². The number of aliphatic carboxylic acids is 1. The number of aromatic nitrogens is 3. The monoisotopic (exact) mass is 444 g/mol. The number of rotatable bonds is 10. The van der Waals surface area contributed by atoms with Gasteiger partial charge in [-0.1, -0.05) is 35.9 Å². The standard InChI is InChI=1S/C22H22ClFN4O3/c23-17-5-6-19(24)18(10-17)15-3-1-13(2-4-15)7-14(8-16(11-25)22(30)31)9-21(29)20-12-26-28-27-20/h1-6,10,12,14,16H,7-9,11,25H2,(H,30,31)(H,26,27,28)/t14-,16+/m1/s1. The van der Waals surface area contributed by atoms with E-state index in [9.17, 15) is 19.1 Å². The van der Waals surface area contributed by atoms with Crippen molar-refractivity contribution in [3.8, 4) is 11.1 Å². The highest BCUT2D eigenvalue weighted by molar-refractivity contribution is 6.30. The lowest BCUT2D eigenvalue weighted by atomic mass is 9.85. The molecule has 162 valence electrons. The summed E-state index contributed by atoms with van der Waals surface area (Å²) in [5, 5.41) is 19.7. The molecule has 0 fully saturated rings. The van der Waals surface area contributed by atoms with Gasteiger partial charge in [-0.25, -0.2) is 4.39 Å². The van der Waals surface area contributed by atoms with Gasteiger partial charge < -0.3 is 10.8 Å². The van der Waals surface area contributed by atoms with E-state index in [4.69, 9.17) is 17.3 Å². The number of carbonyl (C=O) groups is 2. The molecule has 0 amide bonds. The van der Waals surface area contributed by atoms with Crippen LogP contribution in [0, 0.1) is 17.7 Å². The third-order valence-corrected chi connectivity index (χ3v) is 5.38. The van der Waals surface area contributed by atoms with E-state index in [-0.39, 0.29) is 42.6 Å². The smallest absolute Gasteiger partial charge is 0.307 e. The molecule has 2 aromatic carbocycles. The van der Waals surface area contributed by atoms with E-state index in [0.717, 1.165) is 5.56 Å². The number of carbonyl (C=O) groups excluding carboxylic acids is 1. The van der Waals surface area contributed by atoms with Gasteiger partial charge in [-0.05, 0) is 48.1 Å². The van der Waals surface area contributed by atoms with Crippen molar-refractivity contribution >= 4 is 23.4 Å². The van der Waals surface area contributed by atoms with Crippen molar-refractivity contribution in [1.82, 2.24) is 15.4 Å². The second-order valence-corrected chi connectivity index (χ2v) is 7.82. The number of hydrogen-bond donors (Lipinski definition) is 3. The number of carboxylic acid groups (broad SMARTS) is 1. The number of halogens is 2. The van der Waals surface area contributed by atoms with Crippen LogP contribution in [0.15, 0.2) is 48.7 Å². The first-order valence-electron chi connectivity index (χ1n) is 9.73. The van der Waals surface area contributed by atoms with Gasteiger partial charge in [-0.15, -0.1) is 0 Å². The highest BCUT2D eigenvalue weighted by Crippen LogP contribution is 2.28. The highest BCUT2D eigenvalue weighted by atomic mass is 35.5. The normalized spacial score (nSPS) is 13.0. The number of hydrogen-bond acceptors (Lipinski definition) is 5. The van der Waals surface area contributed by atoms with Crippen LogP contribution in [0.25, 0.3) is 11.1 Å². The maximum Gasteiger partial charge on any atom is 0.307 e. The SMILES string of the molecule is NC[C@H](C[C@H](CC(=O)c1cn[nH]n1)Cc1ccc(-c2cc(Cl)ccc2F)cc1)C(=O)O. The van der Waals surface area contributed by atoms with Crippen molar-refractivity contribution in [3.05, 3.63) is 70.8 Å². The molecule has 31 heavy (non-hydrogen) atoms. The van der Waals surface area contributed by atoms with Crippen LogP contribution in [0.4, 0.5) is 4.39 Å². The largest absolute Gasteiger partial charge is 0.481 e. The second kappa shape index (κ2) is 10.3. The molecule has 7 nitrogen and oxygen atoms in total. The molecule has 1 heterocycles. The van der Waals surface area contributed by atoms with Gasteiger partial charge >= 0.3 is 5.97 Å². The van der Waals surface area contributed by atoms with Crippen LogP contribution < -0.4 is 5.73 Å². The van der Waals surface area contributed by atoms with Gasteiger partial charge in [-0.3, -0.25) is 9.59 Å². The Bertz CT molecular complexity index is 1040. The number of ketones is 1. The van der Waals surface area contributed by atoms with Gasteiger partial charge in [0, 0.05) is 23.6 Å². The van der Waals surface area contributed by atoms with Gasteiger partial charge in [0.05, 0.1) is 12.1 Å². The molecule has 0 aliphatic carbocycles. The minimum absolute atomic E-state index is 0.0169. The van der Waals surface area contributed by atoms with Crippen molar-refractivity contribution in [2.75, 3.05) is 6.54 Å². The van der Waals surface area contributed by atoms with E-state index in [1.807, 2.05) is 12.1 Å². The molecule has 0 radical (unpaired) electrons. The van der Waals surface area contributed by atoms with Crippen molar-refractivity contribution < 1.29 is 19.1 Å². The van der Waals surface area contributed by atoms with Crippen LogP contribution in [-0.4, -0.2) is 38.8 Å². The number of carboxylic acids is 1. The van der Waals surface area contributed by atoms with Crippen LogP contribution in [0.2, 0.25) is 5.02 Å². The van der Waals surface area contributed by atoms with E-state index in [0.29, 0.717) is 22.6 Å². The van der Waals surface area contributed by atoms with Gasteiger partial charge in [-0.2, -0.15) is 15.4 Å². The summed E-state index contributed by atoms with van der Waals surface area (Å²) >= 11 is 5.98. The summed E-state index contributed by atoms with van der Waals surface area (Å²) in [6, 6.07) is 11.6. The molecule has 0 bridgehead atoms. The first kappa shape index (κ1) is 22.6. The quantitative estimate of drug-likeness (QED) is 0.409. The number of aromatic amines is 1. The molecular formula is C22H22ClFN4O3. The van der Waals surface area contributed by atoms with Gasteiger partial charge in [0.15, 0.2) is 5.78 Å². The first-order valence-corrected chi connectivity index (χ1v) is 10.1.